The number of nitrogens with one attached hydrogen (secondary N) is 1. The lowest BCUT2D eigenvalue weighted by molar-refractivity contribution is 0.117. The lowest BCUT2D eigenvalue weighted by atomic mass is 10.00. The van der Waals surface area contributed by atoms with Crippen LogP contribution >= 0.6 is 0 Å². The molecule has 0 saturated carbocycles. The van der Waals surface area contributed by atoms with Crippen molar-refractivity contribution in [2.75, 3.05) is 32.8 Å². The average Bonchev–Trinajstić information content (AvgIpc) is 2.61. The summed E-state index contributed by atoms with van der Waals surface area (Å²) < 4.78 is 5.73. The van der Waals surface area contributed by atoms with Gasteiger partial charge in [0.2, 0.25) is 0 Å². The fourth-order valence-electron chi connectivity index (χ4n) is 2.91. The van der Waals surface area contributed by atoms with Gasteiger partial charge in [0, 0.05) is 32.8 Å². The van der Waals surface area contributed by atoms with Gasteiger partial charge in [-0.05, 0) is 44.1 Å². The Bertz CT molecular complexity index is 467. The number of hydrogen-bond acceptors (Lipinski definition) is 2. The fraction of sp³-hybridized carbons (Fsp3) is 0.650. The number of piperidine rings is 1. The first-order valence-corrected chi connectivity index (χ1v) is 9.44. The SMILES string of the molecule is CCNC(=NCCCCOCc1ccccc1)N1CCC(C)CC1. The van der Waals surface area contributed by atoms with Crippen LogP contribution in [0, 0.1) is 5.92 Å². The van der Waals surface area contributed by atoms with Crippen LogP contribution in [0.3, 0.4) is 0 Å². The molecule has 4 nitrogen and oxygen atoms in total. The summed E-state index contributed by atoms with van der Waals surface area (Å²) in [6, 6.07) is 10.3. The number of unbranched alkanes of at least 4 members (excludes halogenated alkanes) is 1. The van der Waals surface area contributed by atoms with Gasteiger partial charge in [0.25, 0.3) is 0 Å². The molecule has 0 aromatic heterocycles. The standard InChI is InChI=1S/C20H33N3O/c1-3-21-20(23-14-11-18(2)12-15-23)22-13-7-8-16-24-17-19-9-5-4-6-10-19/h4-6,9-10,18H,3,7-8,11-17H2,1-2H3,(H,21,22). The monoisotopic (exact) mass is 331 g/mol. The second kappa shape index (κ2) is 11.1. The van der Waals surface area contributed by atoms with Gasteiger partial charge < -0.3 is 15.0 Å². The summed E-state index contributed by atoms with van der Waals surface area (Å²) in [5.41, 5.74) is 1.24. The Balaban J connectivity index is 1.61. The summed E-state index contributed by atoms with van der Waals surface area (Å²) in [4.78, 5) is 7.21. The molecule has 0 atom stereocenters. The molecule has 1 saturated heterocycles. The van der Waals surface area contributed by atoms with Crippen molar-refractivity contribution in [1.29, 1.82) is 0 Å². The van der Waals surface area contributed by atoms with Crippen LogP contribution in [0.25, 0.3) is 0 Å². The van der Waals surface area contributed by atoms with E-state index < -0.39 is 0 Å². The van der Waals surface area contributed by atoms with E-state index >= 15 is 0 Å². The maximum absolute atomic E-state index is 5.73. The van der Waals surface area contributed by atoms with Crippen molar-refractivity contribution >= 4 is 5.96 Å². The maximum atomic E-state index is 5.73. The Morgan fingerprint density at radius 2 is 1.96 bits per heavy atom. The van der Waals surface area contributed by atoms with Crippen LogP contribution in [0.1, 0.15) is 45.1 Å². The minimum Gasteiger partial charge on any atom is -0.377 e. The number of benzene rings is 1. The van der Waals surface area contributed by atoms with Gasteiger partial charge in [0.05, 0.1) is 6.61 Å². The van der Waals surface area contributed by atoms with Crippen LogP contribution in [0.5, 0.6) is 0 Å². The van der Waals surface area contributed by atoms with Gasteiger partial charge in [-0.1, -0.05) is 37.3 Å². The predicted molar refractivity (Wildman–Crippen MR) is 101 cm³/mol. The number of rotatable bonds is 8. The summed E-state index contributed by atoms with van der Waals surface area (Å²) in [6.07, 6.45) is 4.69. The summed E-state index contributed by atoms with van der Waals surface area (Å²) in [7, 11) is 0. The van der Waals surface area contributed by atoms with Crippen molar-refractivity contribution in [3.63, 3.8) is 0 Å². The lowest BCUT2D eigenvalue weighted by Gasteiger charge is -2.33. The molecule has 1 aromatic carbocycles. The van der Waals surface area contributed by atoms with E-state index in [4.69, 9.17) is 9.73 Å². The number of aliphatic imine (C=N–C) groups is 1. The molecular formula is C20H33N3O. The summed E-state index contributed by atoms with van der Waals surface area (Å²) in [6.45, 7) is 10.1. The van der Waals surface area contributed by atoms with Crippen molar-refractivity contribution in [2.24, 2.45) is 10.9 Å². The van der Waals surface area contributed by atoms with E-state index in [-0.39, 0.29) is 0 Å². The van der Waals surface area contributed by atoms with E-state index in [0.29, 0.717) is 6.61 Å². The van der Waals surface area contributed by atoms with Crippen molar-refractivity contribution in [3.05, 3.63) is 35.9 Å². The smallest absolute Gasteiger partial charge is 0.193 e. The third kappa shape index (κ3) is 6.91. The Kier molecular flexibility index (Phi) is 8.67. The molecule has 1 heterocycles. The molecular weight excluding hydrogens is 298 g/mol. The molecule has 0 unspecified atom stereocenters. The Labute approximate surface area is 147 Å². The van der Waals surface area contributed by atoms with Crippen molar-refractivity contribution in [2.45, 2.75) is 46.1 Å². The first-order valence-electron chi connectivity index (χ1n) is 9.44. The molecule has 1 aliphatic rings. The number of likely N-dealkylation sites (tertiary alicyclic amines) is 1. The zero-order chi connectivity index (χ0) is 17.0. The van der Waals surface area contributed by atoms with Crippen LogP contribution in [-0.4, -0.2) is 43.6 Å². The third-order valence-electron chi connectivity index (χ3n) is 4.49. The highest BCUT2D eigenvalue weighted by atomic mass is 16.5. The Morgan fingerprint density at radius 1 is 1.21 bits per heavy atom. The topological polar surface area (TPSA) is 36.9 Å². The predicted octanol–water partition coefficient (Wildman–Crippen LogP) is 3.68. The van der Waals surface area contributed by atoms with Crippen LogP contribution in [0.4, 0.5) is 0 Å². The number of nitrogens with zero attached hydrogens (tertiary/aromatic N) is 2. The van der Waals surface area contributed by atoms with Gasteiger partial charge in [-0.3, -0.25) is 4.99 Å². The highest BCUT2D eigenvalue weighted by Crippen LogP contribution is 2.15. The summed E-state index contributed by atoms with van der Waals surface area (Å²) >= 11 is 0. The quantitative estimate of drug-likeness (QED) is 0.448. The van der Waals surface area contributed by atoms with Crippen LogP contribution in [0.15, 0.2) is 35.3 Å². The molecule has 4 heteroatoms. The number of hydrogen-bond donors (Lipinski definition) is 1. The normalized spacial score (nSPS) is 16.4. The molecule has 24 heavy (non-hydrogen) atoms. The number of ether oxygens (including phenoxy) is 1. The van der Waals surface area contributed by atoms with Gasteiger partial charge in [-0.2, -0.15) is 0 Å². The Morgan fingerprint density at radius 3 is 2.67 bits per heavy atom. The minimum absolute atomic E-state index is 0.707. The molecule has 0 radical (unpaired) electrons. The maximum Gasteiger partial charge on any atom is 0.193 e. The molecule has 0 bridgehead atoms. The molecule has 1 aromatic rings. The summed E-state index contributed by atoms with van der Waals surface area (Å²) in [5, 5.41) is 3.44. The van der Waals surface area contributed by atoms with E-state index in [1.807, 2.05) is 6.07 Å². The molecule has 1 aliphatic heterocycles. The molecule has 2 rings (SSSR count). The van der Waals surface area contributed by atoms with E-state index in [9.17, 15) is 0 Å². The molecule has 0 amide bonds. The average molecular weight is 332 g/mol. The second-order valence-electron chi connectivity index (χ2n) is 6.65. The Hall–Kier alpha value is -1.55. The van der Waals surface area contributed by atoms with Crippen molar-refractivity contribution < 1.29 is 4.74 Å². The largest absolute Gasteiger partial charge is 0.377 e. The van der Waals surface area contributed by atoms with E-state index in [1.54, 1.807) is 0 Å². The van der Waals surface area contributed by atoms with Crippen LogP contribution in [0.2, 0.25) is 0 Å². The van der Waals surface area contributed by atoms with E-state index in [2.05, 4.69) is 48.3 Å². The zero-order valence-corrected chi connectivity index (χ0v) is 15.3. The number of guanidine groups is 1. The molecule has 1 fully saturated rings. The van der Waals surface area contributed by atoms with Gasteiger partial charge in [0.15, 0.2) is 5.96 Å². The van der Waals surface area contributed by atoms with Gasteiger partial charge in [-0.15, -0.1) is 0 Å². The molecule has 0 aliphatic carbocycles. The van der Waals surface area contributed by atoms with Crippen LogP contribution in [-0.2, 0) is 11.3 Å². The lowest BCUT2D eigenvalue weighted by Crippen LogP contribution is -2.45. The fourth-order valence-corrected chi connectivity index (χ4v) is 2.91. The second-order valence-corrected chi connectivity index (χ2v) is 6.65. The highest BCUT2D eigenvalue weighted by molar-refractivity contribution is 5.80. The molecule has 1 N–H and O–H groups in total. The zero-order valence-electron chi connectivity index (χ0n) is 15.3. The van der Waals surface area contributed by atoms with Crippen molar-refractivity contribution in [3.8, 4) is 0 Å². The summed E-state index contributed by atoms with van der Waals surface area (Å²) in [5.74, 6) is 1.94. The van der Waals surface area contributed by atoms with E-state index in [1.165, 1.54) is 18.4 Å². The van der Waals surface area contributed by atoms with Gasteiger partial charge >= 0.3 is 0 Å². The van der Waals surface area contributed by atoms with E-state index in [0.717, 1.165) is 57.5 Å². The van der Waals surface area contributed by atoms with Crippen LogP contribution < -0.4 is 5.32 Å². The highest BCUT2D eigenvalue weighted by Gasteiger charge is 2.18. The van der Waals surface area contributed by atoms with Gasteiger partial charge in [-0.25, -0.2) is 0 Å². The molecule has 134 valence electrons. The first kappa shape index (κ1) is 18.8. The first-order chi connectivity index (χ1) is 11.8. The molecule has 0 spiro atoms. The third-order valence-corrected chi connectivity index (χ3v) is 4.49. The van der Waals surface area contributed by atoms with Crippen molar-refractivity contribution in [1.82, 2.24) is 10.2 Å². The van der Waals surface area contributed by atoms with Gasteiger partial charge in [0.1, 0.15) is 0 Å². The minimum atomic E-state index is 0.707.